The Morgan fingerprint density at radius 3 is 2.62 bits per heavy atom. The number of amides is 1. The van der Waals surface area contributed by atoms with E-state index in [0.29, 0.717) is 23.0 Å². The minimum Gasteiger partial charge on any atom is -0.444 e. The predicted molar refractivity (Wildman–Crippen MR) is 103 cm³/mol. The zero-order valence-corrected chi connectivity index (χ0v) is 15.8. The molecule has 1 N–H and O–H groups in total. The first-order valence-electron chi connectivity index (χ1n) is 8.42. The van der Waals surface area contributed by atoms with Crippen molar-refractivity contribution in [2.45, 2.75) is 26.2 Å². The summed E-state index contributed by atoms with van der Waals surface area (Å²) < 4.78 is 5.62. The lowest BCUT2D eigenvalue weighted by Crippen LogP contribution is -2.37. The van der Waals surface area contributed by atoms with Crippen LogP contribution < -0.4 is 5.32 Å². The van der Waals surface area contributed by atoms with Gasteiger partial charge in [-0.1, -0.05) is 49.7 Å². The summed E-state index contributed by atoms with van der Waals surface area (Å²) >= 11 is 6.10. The van der Waals surface area contributed by atoms with Gasteiger partial charge in [0.15, 0.2) is 0 Å². The highest BCUT2D eigenvalue weighted by molar-refractivity contribution is 6.31. The molecule has 0 aliphatic heterocycles. The number of hydrogen-bond donors (Lipinski definition) is 1. The first kappa shape index (κ1) is 18.2. The summed E-state index contributed by atoms with van der Waals surface area (Å²) in [5, 5.41) is 3.54. The third-order valence-electron chi connectivity index (χ3n) is 4.34. The molecule has 0 unspecified atom stereocenters. The Balaban J connectivity index is 1.70. The molecule has 0 aliphatic carbocycles. The number of halogens is 1. The predicted octanol–water partition coefficient (Wildman–Crippen LogP) is 5.01. The van der Waals surface area contributed by atoms with Crippen LogP contribution in [0.2, 0.25) is 5.02 Å². The molecule has 0 bridgehead atoms. The number of oxazole rings is 1. The third kappa shape index (κ3) is 3.97. The zero-order chi connectivity index (χ0) is 18.7. The second-order valence-electron chi connectivity index (χ2n) is 6.93. The van der Waals surface area contributed by atoms with E-state index in [0.717, 1.165) is 16.8 Å². The number of nitrogens with zero attached hydrogens (tertiary/aromatic N) is 1. The van der Waals surface area contributed by atoms with E-state index in [4.69, 9.17) is 16.0 Å². The topological polar surface area (TPSA) is 55.1 Å². The van der Waals surface area contributed by atoms with Crippen LogP contribution in [0.3, 0.4) is 0 Å². The fourth-order valence-electron chi connectivity index (χ4n) is 2.53. The van der Waals surface area contributed by atoms with Crippen LogP contribution in [-0.4, -0.2) is 17.4 Å². The maximum Gasteiger partial charge on any atom is 0.251 e. The van der Waals surface area contributed by atoms with E-state index in [2.05, 4.69) is 10.3 Å². The summed E-state index contributed by atoms with van der Waals surface area (Å²) in [4.78, 5) is 17.0. The normalized spacial score (nSPS) is 11.4. The molecule has 0 spiro atoms. The number of nitrogens with one attached hydrogen (secondary N) is 1. The van der Waals surface area contributed by atoms with Crippen LogP contribution in [-0.2, 0) is 5.41 Å². The van der Waals surface area contributed by atoms with Crippen molar-refractivity contribution in [3.63, 3.8) is 0 Å². The molecule has 0 fully saturated rings. The van der Waals surface area contributed by atoms with Crippen molar-refractivity contribution in [1.29, 1.82) is 0 Å². The van der Waals surface area contributed by atoms with Gasteiger partial charge < -0.3 is 9.73 Å². The van der Waals surface area contributed by atoms with Gasteiger partial charge in [0, 0.05) is 28.1 Å². The molecule has 4 nitrogen and oxygen atoms in total. The summed E-state index contributed by atoms with van der Waals surface area (Å²) in [5.74, 6) is 0.414. The number of benzene rings is 2. The second-order valence-corrected chi connectivity index (χ2v) is 7.34. The van der Waals surface area contributed by atoms with Crippen molar-refractivity contribution in [3.05, 3.63) is 76.6 Å². The molecule has 1 amide bonds. The van der Waals surface area contributed by atoms with Crippen molar-refractivity contribution < 1.29 is 9.21 Å². The quantitative estimate of drug-likeness (QED) is 0.688. The standard InChI is InChI=1S/C21H21ClN2O2/c1-14-9-10-16(11-17(14)22)19(25)23-13-21(2,3)18-12-26-20(24-18)15-7-5-4-6-8-15/h4-12H,13H2,1-3H3,(H,23,25). The molecule has 0 radical (unpaired) electrons. The van der Waals surface area contributed by atoms with E-state index in [1.807, 2.05) is 57.2 Å². The Kier molecular flexibility index (Phi) is 5.14. The highest BCUT2D eigenvalue weighted by atomic mass is 35.5. The molecule has 26 heavy (non-hydrogen) atoms. The van der Waals surface area contributed by atoms with E-state index in [1.165, 1.54) is 0 Å². The SMILES string of the molecule is Cc1ccc(C(=O)NCC(C)(C)c2coc(-c3ccccc3)n2)cc1Cl. The largest absolute Gasteiger partial charge is 0.444 e. The van der Waals surface area contributed by atoms with Crippen LogP contribution in [0.4, 0.5) is 0 Å². The summed E-state index contributed by atoms with van der Waals surface area (Å²) in [6.07, 6.45) is 1.65. The molecule has 5 heteroatoms. The van der Waals surface area contributed by atoms with Crippen molar-refractivity contribution in [2.24, 2.45) is 0 Å². The van der Waals surface area contributed by atoms with Crippen LogP contribution in [0, 0.1) is 6.92 Å². The van der Waals surface area contributed by atoms with Gasteiger partial charge in [-0.2, -0.15) is 0 Å². The lowest BCUT2D eigenvalue weighted by Gasteiger charge is -2.22. The minimum absolute atomic E-state index is 0.160. The Hall–Kier alpha value is -2.59. The van der Waals surface area contributed by atoms with Crippen molar-refractivity contribution in [1.82, 2.24) is 10.3 Å². The molecule has 3 rings (SSSR count). The van der Waals surface area contributed by atoms with E-state index < -0.39 is 0 Å². The molecule has 0 atom stereocenters. The summed E-state index contributed by atoms with van der Waals surface area (Å²) in [7, 11) is 0. The highest BCUT2D eigenvalue weighted by Crippen LogP contribution is 2.26. The second kappa shape index (κ2) is 7.34. The molecule has 2 aromatic carbocycles. The number of aromatic nitrogens is 1. The number of rotatable bonds is 5. The van der Waals surface area contributed by atoms with E-state index in [-0.39, 0.29) is 11.3 Å². The van der Waals surface area contributed by atoms with Crippen LogP contribution in [0.1, 0.15) is 35.5 Å². The molecule has 0 saturated carbocycles. The minimum atomic E-state index is -0.374. The van der Waals surface area contributed by atoms with Gasteiger partial charge in [-0.25, -0.2) is 4.98 Å². The number of hydrogen-bond acceptors (Lipinski definition) is 3. The first-order chi connectivity index (χ1) is 12.4. The summed E-state index contributed by atoms with van der Waals surface area (Å²) in [6.45, 7) is 6.37. The van der Waals surface area contributed by atoms with Crippen LogP contribution >= 0.6 is 11.6 Å². The van der Waals surface area contributed by atoms with Gasteiger partial charge in [-0.15, -0.1) is 0 Å². The Bertz CT molecular complexity index is 917. The molecular weight excluding hydrogens is 348 g/mol. The fraction of sp³-hybridized carbons (Fsp3) is 0.238. The van der Waals surface area contributed by atoms with E-state index >= 15 is 0 Å². The van der Waals surface area contributed by atoms with E-state index in [1.54, 1.807) is 18.4 Å². The Morgan fingerprint density at radius 2 is 1.92 bits per heavy atom. The van der Waals surface area contributed by atoms with Crippen LogP contribution in [0.25, 0.3) is 11.5 Å². The van der Waals surface area contributed by atoms with Crippen LogP contribution in [0.15, 0.2) is 59.2 Å². The molecule has 0 aliphatic rings. The average Bonchev–Trinajstić information content (AvgIpc) is 3.14. The summed E-state index contributed by atoms with van der Waals surface area (Å²) in [5.41, 5.74) is 2.83. The van der Waals surface area contributed by atoms with Crippen molar-refractivity contribution in [3.8, 4) is 11.5 Å². The van der Waals surface area contributed by atoms with Gasteiger partial charge in [-0.05, 0) is 36.8 Å². The molecular formula is C21H21ClN2O2. The monoisotopic (exact) mass is 368 g/mol. The Morgan fingerprint density at radius 1 is 1.19 bits per heavy atom. The first-order valence-corrected chi connectivity index (χ1v) is 8.80. The van der Waals surface area contributed by atoms with Gasteiger partial charge in [0.25, 0.3) is 5.91 Å². The maximum atomic E-state index is 12.4. The maximum absolute atomic E-state index is 12.4. The van der Waals surface area contributed by atoms with Crippen LogP contribution in [0.5, 0.6) is 0 Å². The molecule has 1 heterocycles. The lowest BCUT2D eigenvalue weighted by atomic mass is 9.90. The fourth-order valence-corrected chi connectivity index (χ4v) is 2.71. The van der Waals surface area contributed by atoms with Gasteiger partial charge in [0.2, 0.25) is 5.89 Å². The number of carbonyl (C=O) groups is 1. The van der Waals surface area contributed by atoms with Gasteiger partial charge in [-0.3, -0.25) is 4.79 Å². The van der Waals surface area contributed by atoms with Gasteiger partial charge in [0.1, 0.15) is 6.26 Å². The van der Waals surface area contributed by atoms with Gasteiger partial charge >= 0.3 is 0 Å². The molecule has 3 aromatic rings. The van der Waals surface area contributed by atoms with Crippen molar-refractivity contribution in [2.75, 3.05) is 6.54 Å². The third-order valence-corrected chi connectivity index (χ3v) is 4.75. The Labute approximate surface area is 158 Å². The smallest absolute Gasteiger partial charge is 0.251 e. The number of carbonyl (C=O) groups excluding carboxylic acids is 1. The summed E-state index contributed by atoms with van der Waals surface area (Å²) in [6, 6.07) is 15.0. The molecule has 1 aromatic heterocycles. The average molecular weight is 369 g/mol. The van der Waals surface area contributed by atoms with Gasteiger partial charge in [0.05, 0.1) is 5.69 Å². The molecule has 0 saturated heterocycles. The highest BCUT2D eigenvalue weighted by Gasteiger charge is 2.26. The molecule has 134 valence electrons. The number of aryl methyl sites for hydroxylation is 1. The van der Waals surface area contributed by atoms with Crippen molar-refractivity contribution >= 4 is 17.5 Å². The lowest BCUT2D eigenvalue weighted by molar-refractivity contribution is 0.0945. The zero-order valence-electron chi connectivity index (χ0n) is 15.0. The van der Waals surface area contributed by atoms with E-state index in [9.17, 15) is 4.79 Å².